The predicted octanol–water partition coefficient (Wildman–Crippen LogP) is 1.47. The molecule has 1 saturated carbocycles. The largest absolute Gasteiger partial charge is 0.481 e. The second kappa shape index (κ2) is 18.1. The maximum atomic E-state index is 12.7. The number of hydrogen-bond donors (Lipinski definition) is 8. The van der Waals surface area contributed by atoms with Gasteiger partial charge in [-0.1, -0.05) is 24.1 Å². The molecule has 1 aliphatic carbocycles. The van der Waals surface area contributed by atoms with Crippen LogP contribution in [0.4, 0.5) is 0 Å². The van der Waals surface area contributed by atoms with Gasteiger partial charge in [-0.3, -0.25) is 19.7 Å². The number of carbonyl (C=O) groups is 3. The first-order valence-electron chi connectivity index (χ1n) is 13.5. The van der Waals surface area contributed by atoms with E-state index in [1.807, 2.05) is 6.08 Å². The number of carboxylic acid groups (broad SMARTS) is 2. The summed E-state index contributed by atoms with van der Waals surface area (Å²) >= 11 is 0. The van der Waals surface area contributed by atoms with Crippen molar-refractivity contribution in [2.24, 2.45) is 23.5 Å². The summed E-state index contributed by atoms with van der Waals surface area (Å²) in [6.07, 6.45) is 5.99. The van der Waals surface area contributed by atoms with E-state index >= 15 is 0 Å². The Balaban J connectivity index is 2.68. The van der Waals surface area contributed by atoms with E-state index in [4.69, 9.17) is 15.9 Å². The van der Waals surface area contributed by atoms with Gasteiger partial charge < -0.3 is 36.6 Å². The molecule has 0 spiro atoms. The Morgan fingerprint density at radius 3 is 2.21 bits per heavy atom. The molecule has 0 bridgehead atoms. The Bertz CT molecular complexity index is 788. The number of aliphatic hydroxyl groups is 3. The monoisotopic (exact) mass is 541 g/mol. The van der Waals surface area contributed by atoms with E-state index in [1.165, 1.54) is 5.57 Å². The third kappa shape index (κ3) is 13.5. The lowest BCUT2D eigenvalue weighted by molar-refractivity contribution is -0.138. The van der Waals surface area contributed by atoms with Crippen LogP contribution in [0.5, 0.6) is 0 Å². The number of nitrogens with one attached hydrogen (secondary N) is 2. The van der Waals surface area contributed by atoms with Crippen molar-refractivity contribution in [2.75, 3.05) is 6.61 Å². The van der Waals surface area contributed by atoms with E-state index < -0.39 is 36.5 Å². The van der Waals surface area contributed by atoms with Gasteiger partial charge in [-0.25, -0.2) is 0 Å². The van der Waals surface area contributed by atoms with Gasteiger partial charge >= 0.3 is 11.9 Å². The minimum Gasteiger partial charge on any atom is -0.481 e. The van der Waals surface area contributed by atoms with Crippen LogP contribution in [0.2, 0.25) is 0 Å². The van der Waals surface area contributed by atoms with Crippen LogP contribution in [0.1, 0.15) is 77.6 Å². The van der Waals surface area contributed by atoms with Crippen LogP contribution < -0.4 is 16.4 Å². The Morgan fingerprint density at radius 2 is 1.66 bits per heavy atom. The topological polar surface area (TPSA) is 202 Å². The average molecular weight is 542 g/mol. The zero-order valence-electron chi connectivity index (χ0n) is 22.4. The van der Waals surface area contributed by atoms with Crippen molar-refractivity contribution < 1.29 is 39.9 Å². The van der Waals surface area contributed by atoms with Crippen molar-refractivity contribution in [3.63, 3.8) is 0 Å². The molecule has 1 amide bonds. The maximum absolute atomic E-state index is 12.7. The van der Waals surface area contributed by atoms with E-state index in [1.54, 1.807) is 0 Å². The lowest BCUT2D eigenvalue weighted by Crippen LogP contribution is -2.57. The lowest BCUT2D eigenvalue weighted by Gasteiger charge is -2.30. The third-order valence-corrected chi connectivity index (χ3v) is 7.37. The summed E-state index contributed by atoms with van der Waals surface area (Å²) in [4.78, 5) is 34.6. The highest BCUT2D eigenvalue weighted by molar-refractivity contribution is 5.76. The fourth-order valence-corrected chi connectivity index (χ4v) is 4.86. The van der Waals surface area contributed by atoms with Gasteiger partial charge in [0.15, 0.2) is 0 Å². The molecule has 0 aromatic carbocycles. The smallest absolute Gasteiger partial charge is 0.303 e. The van der Waals surface area contributed by atoms with Crippen molar-refractivity contribution in [3.05, 3.63) is 24.3 Å². The molecule has 0 aromatic rings. The Labute approximate surface area is 225 Å². The van der Waals surface area contributed by atoms with E-state index in [0.29, 0.717) is 18.3 Å². The summed E-state index contributed by atoms with van der Waals surface area (Å²) in [6, 6.07) is -1.96. The van der Waals surface area contributed by atoms with E-state index in [-0.39, 0.29) is 50.5 Å². The summed E-state index contributed by atoms with van der Waals surface area (Å²) in [7, 11) is 0. The van der Waals surface area contributed by atoms with Gasteiger partial charge in [0.05, 0.1) is 6.04 Å². The number of rotatable bonds is 19. The molecule has 0 aromatic heterocycles. The van der Waals surface area contributed by atoms with Gasteiger partial charge in [-0.05, 0) is 69.6 Å². The number of allylic oxidation sites excluding steroid dienone is 3. The molecule has 218 valence electrons. The lowest BCUT2D eigenvalue weighted by atomic mass is 9.78. The van der Waals surface area contributed by atoms with Crippen LogP contribution in [-0.4, -0.2) is 74.5 Å². The number of hydrogen-bond acceptors (Lipinski definition) is 8. The third-order valence-electron chi connectivity index (χ3n) is 7.37. The van der Waals surface area contributed by atoms with Gasteiger partial charge in [-0.2, -0.15) is 0 Å². The molecule has 0 heterocycles. The van der Waals surface area contributed by atoms with Crippen molar-refractivity contribution >= 4 is 17.8 Å². The maximum Gasteiger partial charge on any atom is 0.303 e. The van der Waals surface area contributed by atoms with Gasteiger partial charge in [0.2, 0.25) is 5.91 Å². The molecule has 1 rings (SSSR count). The van der Waals surface area contributed by atoms with Gasteiger partial charge in [0.25, 0.3) is 0 Å². The summed E-state index contributed by atoms with van der Waals surface area (Å²) < 4.78 is 0. The first-order valence-corrected chi connectivity index (χ1v) is 13.5. The molecule has 1 aliphatic rings. The number of aliphatic hydroxyl groups excluding tert-OH is 3. The quantitative estimate of drug-likeness (QED) is 0.0874. The van der Waals surface area contributed by atoms with Crippen LogP contribution in [0.3, 0.4) is 0 Å². The SMILES string of the molecule is C=CC(CC=C(C)C1CCCC(CO)C1)CCC(=O)NC(CCC(=O)O)C(O)NC(CCC(=O)O)C(N)O. The molecule has 0 saturated heterocycles. The second-order valence-corrected chi connectivity index (χ2v) is 10.4. The van der Waals surface area contributed by atoms with Gasteiger partial charge in [0, 0.05) is 31.9 Å². The highest BCUT2D eigenvalue weighted by atomic mass is 16.4. The number of nitrogens with two attached hydrogens (primary N) is 1. The van der Waals surface area contributed by atoms with Crippen molar-refractivity contribution in [2.45, 2.75) is 102 Å². The minimum atomic E-state index is -1.46. The minimum absolute atomic E-state index is 0.0567. The summed E-state index contributed by atoms with van der Waals surface area (Å²) in [5, 5.41) is 53.0. The molecule has 7 unspecified atom stereocenters. The molecule has 0 aliphatic heterocycles. The molecule has 7 atom stereocenters. The van der Waals surface area contributed by atoms with Crippen molar-refractivity contribution in [1.29, 1.82) is 0 Å². The van der Waals surface area contributed by atoms with Crippen molar-refractivity contribution in [1.82, 2.24) is 10.6 Å². The van der Waals surface area contributed by atoms with Crippen molar-refractivity contribution in [3.8, 4) is 0 Å². The van der Waals surface area contributed by atoms with Gasteiger partial charge in [0.1, 0.15) is 12.5 Å². The highest BCUT2D eigenvalue weighted by Crippen LogP contribution is 2.33. The van der Waals surface area contributed by atoms with Crippen LogP contribution in [0.25, 0.3) is 0 Å². The molecular weight excluding hydrogens is 494 g/mol. The fourth-order valence-electron chi connectivity index (χ4n) is 4.86. The number of carbonyl (C=O) groups excluding carboxylic acids is 1. The number of aliphatic carboxylic acids is 2. The molecule has 38 heavy (non-hydrogen) atoms. The Hall–Kier alpha value is -2.31. The molecule has 1 fully saturated rings. The standard InChI is InChI=1S/C27H47N3O8/c1-3-18(8-7-17(2)20-6-4-5-19(15-20)16-31)9-12-23(32)29-22(11-14-25(35)36)27(38)30-21(26(28)37)10-13-24(33)34/h3,7,18-22,26-27,30-31,37-38H,1,4-6,8-16,28H2,2H3,(H,29,32)(H,33,34)(H,35,36). The van der Waals surface area contributed by atoms with Crippen LogP contribution in [0.15, 0.2) is 24.3 Å². The first-order chi connectivity index (χ1) is 18.0. The predicted molar refractivity (Wildman–Crippen MR) is 143 cm³/mol. The van der Waals surface area contributed by atoms with E-state index in [2.05, 4.69) is 30.2 Å². The van der Waals surface area contributed by atoms with Gasteiger partial charge in [-0.15, -0.1) is 6.58 Å². The molecule has 0 radical (unpaired) electrons. The number of amides is 1. The normalized spacial score (nSPS) is 22.1. The zero-order chi connectivity index (χ0) is 28.7. The van der Waals surface area contributed by atoms with E-state index in [0.717, 1.165) is 32.1 Å². The fraction of sp³-hybridized carbons (Fsp3) is 0.741. The summed E-state index contributed by atoms with van der Waals surface area (Å²) in [5.74, 6) is -1.70. The van der Waals surface area contributed by atoms with Crippen LogP contribution >= 0.6 is 0 Å². The second-order valence-electron chi connectivity index (χ2n) is 10.4. The molecule has 9 N–H and O–H groups in total. The number of carboxylic acids is 2. The Kier molecular flexibility index (Phi) is 16.0. The molecule has 11 heteroatoms. The van der Waals surface area contributed by atoms with Crippen LogP contribution in [-0.2, 0) is 14.4 Å². The summed E-state index contributed by atoms with van der Waals surface area (Å²) in [6.45, 7) is 6.22. The van der Waals surface area contributed by atoms with Crippen LogP contribution in [0, 0.1) is 17.8 Å². The average Bonchev–Trinajstić information content (AvgIpc) is 2.88. The zero-order valence-corrected chi connectivity index (χ0v) is 22.4. The Morgan fingerprint density at radius 1 is 1.03 bits per heavy atom. The molecule has 11 nitrogen and oxygen atoms in total. The highest BCUT2D eigenvalue weighted by Gasteiger charge is 2.27. The first kappa shape index (κ1) is 33.7. The van der Waals surface area contributed by atoms with E-state index in [9.17, 15) is 29.7 Å². The summed E-state index contributed by atoms with van der Waals surface area (Å²) in [5.41, 5.74) is 6.78. The molecular formula is C27H47N3O8.